The molecule has 0 saturated heterocycles. The van der Waals surface area contributed by atoms with Gasteiger partial charge in [0.25, 0.3) is 0 Å². The zero-order chi connectivity index (χ0) is 38.8. The molecule has 8 aromatic carbocycles. The van der Waals surface area contributed by atoms with Gasteiger partial charge < -0.3 is 4.42 Å². The van der Waals surface area contributed by atoms with Gasteiger partial charge in [0, 0.05) is 21.9 Å². The fourth-order valence-corrected chi connectivity index (χ4v) is 6.26. The van der Waals surface area contributed by atoms with E-state index in [4.69, 9.17) is 19.5 Å². The third-order valence-corrected chi connectivity index (χ3v) is 8.04. The summed E-state index contributed by atoms with van der Waals surface area (Å²) in [6.45, 7) is 0. The highest BCUT2D eigenvalue weighted by Gasteiger charge is 2.20. The van der Waals surface area contributed by atoms with E-state index < -0.39 is 48.3 Å². The van der Waals surface area contributed by atoms with Gasteiger partial charge in [0.05, 0.1) is 16.4 Å². The maximum Gasteiger partial charge on any atom is 0.143 e. The van der Waals surface area contributed by atoms with Gasteiger partial charge in [-0.05, 0) is 72.7 Å². The first kappa shape index (κ1) is 15.0. The van der Waals surface area contributed by atoms with Gasteiger partial charge in [0.2, 0.25) is 0 Å². The minimum Gasteiger partial charge on any atom is -0.455 e. The molecular weight excluding hydrogens is 520 g/mol. The molecule has 0 amide bonds. The summed E-state index contributed by atoms with van der Waals surface area (Å²) in [4.78, 5) is 0. The van der Waals surface area contributed by atoms with E-state index in [2.05, 4.69) is 0 Å². The molecule has 0 atom stereocenters. The molecule has 0 N–H and O–H groups in total. The molecule has 0 aliphatic rings. The molecule has 0 aliphatic heterocycles. The molecule has 0 radical (unpaired) electrons. The van der Waals surface area contributed by atoms with Gasteiger partial charge in [-0.1, -0.05) is 139 Å². The molecule has 9 aromatic rings. The Balaban J connectivity index is 1.45. The first-order chi connectivity index (χ1) is 26.3. The second kappa shape index (κ2) is 9.44. The third kappa shape index (κ3) is 3.65. The first-order valence-electron chi connectivity index (χ1n) is 19.8. The Morgan fingerprint density at radius 1 is 0.419 bits per heavy atom. The second-order valence-electron chi connectivity index (χ2n) is 10.3. The lowest BCUT2D eigenvalue weighted by Crippen LogP contribution is -1.92. The second-order valence-corrected chi connectivity index (χ2v) is 10.3. The van der Waals surface area contributed by atoms with Gasteiger partial charge in [0.15, 0.2) is 0 Å². The van der Waals surface area contributed by atoms with Gasteiger partial charge in [-0.25, -0.2) is 0 Å². The number of fused-ring (bicyclic) bond motifs is 6. The molecule has 200 valence electrons. The SMILES string of the molecule is [2H]c1c([2H])c([2H])c(-c2cc(-c3c4ccccc4c(-c4c([2H])c([2H])c([2H])c5c4oc4c([2H])c([2H])c([2H])c([2H])c45)c4ccccc34)cc3ccccc23)c([2H])c1[2H]. The molecule has 0 bridgehead atoms. The average molecular weight is 559 g/mol. The summed E-state index contributed by atoms with van der Waals surface area (Å²) in [6.07, 6.45) is 0. The van der Waals surface area contributed by atoms with Gasteiger partial charge in [0.1, 0.15) is 11.2 Å². The van der Waals surface area contributed by atoms with E-state index in [9.17, 15) is 1.37 Å². The topological polar surface area (TPSA) is 13.1 Å². The molecule has 1 heteroatoms. The maximum absolute atomic E-state index is 9.28. The van der Waals surface area contributed by atoms with Gasteiger partial charge >= 0.3 is 0 Å². The highest BCUT2D eigenvalue weighted by Crippen LogP contribution is 2.47. The minimum absolute atomic E-state index is 0.00485. The van der Waals surface area contributed by atoms with E-state index in [0.717, 1.165) is 21.7 Å². The van der Waals surface area contributed by atoms with Crippen molar-refractivity contribution in [1.82, 2.24) is 0 Å². The van der Waals surface area contributed by atoms with Crippen LogP contribution in [0.1, 0.15) is 16.4 Å². The lowest BCUT2D eigenvalue weighted by atomic mass is 9.84. The fraction of sp³-hybridized carbons (Fsp3) is 0. The van der Waals surface area contributed by atoms with Crippen LogP contribution in [-0.2, 0) is 0 Å². The van der Waals surface area contributed by atoms with Gasteiger partial charge in [-0.3, -0.25) is 0 Å². The number of hydrogen-bond donors (Lipinski definition) is 0. The van der Waals surface area contributed by atoms with E-state index in [1.54, 1.807) is 0 Å². The molecule has 0 unspecified atom stereocenters. The summed E-state index contributed by atoms with van der Waals surface area (Å²) in [5, 5.41) is 4.24. The van der Waals surface area contributed by atoms with Crippen LogP contribution >= 0.6 is 0 Å². The molecule has 0 saturated carbocycles. The Labute approximate surface area is 266 Å². The molecule has 43 heavy (non-hydrogen) atoms. The van der Waals surface area contributed by atoms with Crippen LogP contribution in [0.25, 0.3) is 87.6 Å². The van der Waals surface area contributed by atoms with Crippen molar-refractivity contribution in [2.24, 2.45) is 0 Å². The van der Waals surface area contributed by atoms with Crippen molar-refractivity contribution in [1.29, 1.82) is 0 Å². The van der Waals surface area contributed by atoms with E-state index in [1.165, 1.54) is 0 Å². The van der Waals surface area contributed by atoms with Gasteiger partial charge in [-0.2, -0.15) is 0 Å². The molecule has 9 rings (SSSR count). The molecule has 0 fully saturated rings. The van der Waals surface area contributed by atoms with E-state index in [0.29, 0.717) is 32.8 Å². The molecule has 0 aliphatic carbocycles. The monoisotopic (exact) mass is 558 g/mol. The normalized spacial score (nSPS) is 15.6. The summed E-state index contributed by atoms with van der Waals surface area (Å²) in [6, 6.07) is 21.4. The van der Waals surface area contributed by atoms with Crippen molar-refractivity contribution >= 4 is 54.3 Å². The van der Waals surface area contributed by atoms with Crippen LogP contribution < -0.4 is 0 Å². The van der Waals surface area contributed by atoms with Crippen LogP contribution in [0.3, 0.4) is 0 Å². The lowest BCUT2D eigenvalue weighted by Gasteiger charge is -2.19. The molecule has 1 aromatic heterocycles. The Bertz CT molecular complexity index is 3100. The molecule has 1 heterocycles. The van der Waals surface area contributed by atoms with Crippen molar-refractivity contribution in [3.63, 3.8) is 0 Å². The summed E-state index contributed by atoms with van der Waals surface area (Å²) < 4.78 is 110. The van der Waals surface area contributed by atoms with E-state index in [-0.39, 0.29) is 57.2 Å². The van der Waals surface area contributed by atoms with Crippen LogP contribution in [0, 0.1) is 0 Å². The van der Waals surface area contributed by atoms with Gasteiger partial charge in [-0.15, -0.1) is 0 Å². The predicted octanol–water partition coefficient (Wildman–Crippen LogP) is 12.0. The number of benzene rings is 8. The largest absolute Gasteiger partial charge is 0.455 e. The average Bonchev–Trinajstić information content (AvgIpc) is 3.60. The van der Waals surface area contributed by atoms with Crippen LogP contribution in [0.5, 0.6) is 0 Å². The van der Waals surface area contributed by atoms with Crippen molar-refractivity contribution in [3.05, 3.63) is 157 Å². The zero-order valence-corrected chi connectivity index (χ0v) is 22.5. The fourth-order valence-electron chi connectivity index (χ4n) is 6.26. The number of rotatable bonds is 3. The summed E-state index contributed by atoms with van der Waals surface area (Å²) in [5.74, 6) is 0. The van der Waals surface area contributed by atoms with Crippen molar-refractivity contribution in [2.75, 3.05) is 0 Å². The molecule has 0 spiro atoms. The van der Waals surface area contributed by atoms with E-state index in [1.807, 2.05) is 84.9 Å². The van der Waals surface area contributed by atoms with Crippen LogP contribution in [0.15, 0.2) is 162 Å². The number of furan rings is 1. The smallest absolute Gasteiger partial charge is 0.143 e. The minimum atomic E-state index is -0.500. The van der Waals surface area contributed by atoms with Crippen LogP contribution in [0.2, 0.25) is 0 Å². The van der Waals surface area contributed by atoms with Crippen molar-refractivity contribution in [3.8, 4) is 33.4 Å². The molecule has 1 nitrogen and oxygen atoms in total. The number of hydrogen-bond acceptors (Lipinski definition) is 1. The Morgan fingerprint density at radius 2 is 1.02 bits per heavy atom. The standard InChI is InChI=1S/C42H26O/c1-2-13-27(14-3-1)38-26-29(25-28-15-4-5-16-30(28)38)40-32-18-6-8-20-34(32)41(35-21-9-7-19-33(35)40)37-23-12-22-36-31-17-10-11-24-39(31)43-42(36)37/h1-26H/i1D,2D,3D,10D,11D,12D,13D,14D,17D,22D,23D,24D. The highest BCUT2D eigenvalue weighted by molar-refractivity contribution is 6.24. The number of para-hydroxylation sites is 2. The van der Waals surface area contributed by atoms with Crippen LogP contribution in [0.4, 0.5) is 0 Å². The summed E-state index contributed by atoms with van der Waals surface area (Å²) >= 11 is 0. The molecular formula is C42H26O. The lowest BCUT2D eigenvalue weighted by molar-refractivity contribution is 0.670. The first-order valence-corrected chi connectivity index (χ1v) is 13.8. The Kier molecular flexibility index (Phi) is 3.29. The van der Waals surface area contributed by atoms with Crippen LogP contribution in [-0.4, -0.2) is 0 Å². The maximum atomic E-state index is 9.28. The van der Waals surface area contributed by atoms with Crippen molar-refractivity contribution in [2.45, 2.75) is 0 Å². The highest BCUT2D eigenvalue weighted by atomic mass is 16.3. The Hall–Kier alpha value is -5.66. The Morgan fingerprint density at radius 3 is 1.77 bits per heavy atom. The quantitative estimate of drug-likeness (QED) is 0.197. The van der Waals surface area contributed by atoms with Crippen molar-refractivity contribution < 1.29 is 20.9 Å². The summed E-state index contributed by atoms with van der Waals surface area (Å²) in [5.41, 5.74) is 2.53. The summed E-state index contributed by atoms with van der Waals surface area (Å²) in [7, 11) is 0. The van der Waals surface area contributed by atoms with E-state index >= 15 is 0 Å². The zero-order valence-electron chi connectivity index (χ0n) is 34.5. The predicted molar refractivity (Wildman–Crippen MR) is 183 cm³/mol. The third-order valence-electron chi connectivity index (χ3n) is 8.04.